The summed E-state index contributed by atoms with van der Waals surface area (Å²) in [5.41, 5.74) is 4.09. The van der Waals surface area contributed by atoms with Crippen LogP contribution in [-0.4, -0.2) is 11.5 Å². The molecule has 2 nitrogen and oxygen atoms in total. The number of benzene rings is 1. The minimum absolute atomic E-state index is 0.654. The molecule has 92 valence electrons. The molecular weight excluding hydrogens is 244 g/mol. The van der Waals surface area contributed by atoms with Crippen molar-refractivity contribution in [3.05, 3.63) is 64.4 Å². The topological polar surface area (TPSA) is 24.9 Å². The molecule has 18 heavy (non-hydrogen) atoms. The Balaban J connectivity index is 1.54. The molecule has 0 saturated heterocycles. The summed E-state index contributed by atoms with van der Waals surface area (Å²) in [6, 6.07) is 10.6. The Hall–Kier alpha value is -1.38. The van der Waals surface area contributed by atoms with Crippen molar-refractivity contribution in [3.8, 4) is 0 Å². The first-order chi connectivity index (χ1) is 8.84. The molecule has 1 unspecified atom stereocenters. The Kier molecular flexibility index (Phi) is 3.31. The van der Waals surface area contributed by atoms with Gasteiger partial charge in [-0.3, -0.25) is 4.98 Å². The van der Waals surface area contributed by atoms with Gasteiger partial charge in [0.25, 0.3) is 0 Å². The van der Waals surface area contributed by atoms with Gasteiger partial charge in [-0.2, -0.15) is 0 Å². The lowest BCUT2D eigenvalue weighted by Gasteiger charge is -2.30. The molecule has 3 heteroatoms. The van der Waals surface area contributed by atoms with E-state index in [4.69, 9.17) is 11.6 Å². The second kappa shape index (κ2) is 5.09. The summed E-state index contributed by atoms with van der Waals surface area (Å²) < 4.78 is 0. The van der Waals surface area contributed by atoms with E-state index in [9.17, 15) is 0 Å². The first kappa shape index (κ1) is 11.7. The van der Waals surface area contributed by atoms with Crippen LogP contribution in [0.2, 0.25) is 5.02 Å². The van der Waals surface area contributed by atoms with Crippen molar-refractivity contribution in [1.29, 1.82) is 0 Å². The van der Waals surface area contributed by atoms with Gasteiger partial charge in [-0.05, 0) is 29.2 Å². The second-order valence-electron chi connectivity index (χ2n) is 4.70. The third-order valence-corrected chi connectivity index (χ3v) is 3.86. The lowest BCUT2D eigenvalue weighted by atomic mass is 9.77. The van der Waals surface area contributed by atoms with Gasteiger partial charge in [0.2, 0.25) is 0 Å². The molecule has 1 aliphatic carbocycles. The van der Waals surface area contributed by atoms with E-state index >= 15 is 0 Å². The molecule has 0 aliphatic heterocycles. The number of nitrogens with zero attached hydrogens (tertiary/aromatic N) is 1. The number of halogens is 1. The molecule has 1 N–H and O–H groups in total. The van der Waals surface area contributed by atoms with E-state index in [1.807, 2.05) is 6.07 Å². The van der Waals surface area contributed by atoms with Crippen molar-refractivity contribution >= 4 is 11.6 Å². The molecule has 3 rings (SSSR count). The fraction of sp³-hybridized carbons (Fsp3) is 0.267. The summed E-state index contributed by atoms with van der Waals surface area (Å²) >= 11 is 6.07. The van der Waals surface area contributed by atoms with E-state index in [2.05, 4.69) is 34.6 Å². The molecule has 1 aliphatic rings. The minimum atomic E-state index is 0.654. The quantitative estimate of drug-likeness (QED) is 0.911. The highest BCUT2D eigenvalue weighted by Crippen LogP contribution is 2.34. The molecule has 2 aromatic rings. The highest BCUT2D eigenvalue weighted by Gasteiger charge is 2.24. The Morgan fingerprint density at radius 3 is 3.00 bits per heavy atom. The van der Waals surface area contributed by atoms with E-state index in [0.717, 1.165) is 23.7 Å². The van der Waals surface area contributed by atoms with Gasteiger partial charge in [0.1, 0.15) is 0 Å². The maximum absolute atomic E-state index is 6.07. The van der Waals surface area contributed by atoms with Gasteiger partial charge in [-0.15, -0.1) is 0 Å². The Bertz CT molecular complexity index is 554. The van der Waals surface area contributed by atoms with E-state index in [1.165, 1.54) is 17.5 Å². The highest BCUT2D eigenvalue weighted by molar-refractivity contribution is 6.31. The first-order valence-corrected chi connectivity index (χ1v) is 6.59. The van der Waals surface area contributed by atoms with Crippen molar-refractivity contribution in [2.24, 2.45) is 0 Å². The molecule has 0 fully saturated rings. The predicted octanol–water partition coefficient (Wildman–Crippen LogP) is 3.16. The zero-order valence-corrected chi connectivity index (χ0v) is 10.8. The average molecular weight is 259 g/mol. The number of fused-ring (bicyclic) bond motifs is 1. The third-order valence-electron chi connectivity index (χ3n) is 3.52. The van der Waals surface area contributed by atoms with Crippen molar-refractivity contribution in [1.82, 2.24) is 10.3 Å². The lowest BCUT2D eigenvalue weighted by molar-refractivity contribution is 0.535. The fourth-order valence-corrected chi connectivity index (χ4v) is 2.66. The smallest absolute Gasteiger partial charge is 0.0634 e. The van der Waals surface area contributed by atoms with Gasteiger partial charge >= 0.3 is 0 Å². The summed E-state index contributed by atoms with van der Waals surface area (Å²) in [5, 5.41) is 4.21. The number of aromatic nitrogens is 1. The Morgan fingerprint density at radius 1 is 1.28 bits per heavy atom. The normalized spacial score (nSPS) is 17.1. The summed E-state index contributed by atoms with van der Waals surface area (Å²) in [6.07, 6.45) is 4.66. The van der Waals surface area contributed by atoms with Gasteiger partial charge in [-0.25, -0.2) is 0 Å². The molecule has 1 aromatic carbocycles. The molecular formula is C15H15ClN2. The standard InChI is InChI=1S/C15H15ClN2/c16-15-10-17-6-5-12(15)8-18-9-13-7-11-3-1-2-4-14(11)13/h1-6,10,13,18H,7-9H2. The van der Waals surface area contributed by atoms with E-state index in [-0.39, 0.29) is 0 Å². The summed E-state index contributed by atoms with van der Waals surface area (Å²) in [7, 11) is 0. The maximum atomic E-state index is 6.07. The molecule has 0 spiro atoms. The summed E-state index contributed by atoms with van der Waals surface area (Å²) in [5.74, 6) is 0.654. The van der Waals surface area contributed by atoms with E-state index < -0.39 is 0 Å². The molecule has 1 atom stereocenters. The molecule has 0 bridgehead atoms. The van der Waals surface area contributed by atoms with Crippen LogP contribution in [0, 0.1) is 0 Å². The molecule has 0 amide bonds. The van der Waals surface area contributed by atoms with E-state index in [1.54, 1.807) is 12.4 Å². The van der Waals surface area contributed by atoms with Crippen molar-refractivity contribution in [2.75, 3.05) is 6.54 Å². The number of hydrogen-bond acceptors (Lipinski definition) is 2. The number of nitrogens with one attached hydrogen (secondary N) is 1. The Morgan fingerprint density at radius 2 is 2.17 bits per heavy atom. The van der Waals surface area contributed by atoms with Crippen LogP contribution in [-0.2, 0) is 13.0 Å². The van der Waals surface area contributed by atoms with Gasteiger partial charge in [-0.1, -0.05) is 35.9 Å². The monoisotopic (exact) mass is 258 g/mol. The lowest BCUT2D eigenvalue weighted by Crippen LogP contribution is -2.28. The fourth-order valence-electron chi connectivity index (χ4n) is 2.47. The summed E-state index contributed by atoms with van der Waals surface area (Å²) in [4.78, 5) is 3.99. The van der Waals surface area contributed by atoms with Crippen molar-refractivity contribution in [3.63, 3.8) is 0 Å². The van der Waals surface area contributed by atoms with Gasteiger partial charge in [0.15, 0.2) is 0 Å². The summed E-state index contributed by atoms with van der Waals surface area (Å²) in [6.45, 7) is 1.82. The zero-order valence-electron chi connectivity index (χ0n) is 10.1. The largest absolute Gasteiger partial charge is 0.312 e. The maximum Gasteiger partial charge on any atom is 0.0634 e. The molecule has 1 aromatic heterocycles. The molecule has 1 heterocycles. The third kappa shape index (κ3) is 2.26. The van der Waals surface area contributed by atoms with Crippen LogP contribution in [0.5, 0.6) is 0 Å². The second-order valence-corrected chi connectivity index (χ2v) is 5.11. The minimum Gasteiger partial charge on any atom is -0.312 e. The van der Waals surface area contributed by atoms with Crippen LogP contribution < -0.4 is 5.32 Å². The van der Waals surface area contributed by atoms with Crippen LogP contribution >= 0.6 is 11.6 Å². The Labute approximate surface area is 112 Å². The van der Waals surface area contributed by atoms with Crippen molar-refractivity contribution < 1.29 is 0 Å². The van der Waals surface area contributed by atoms with Gasteiger partial charge in [0, 0.05) is 31.4 Å². The SMILES string of the molecule is Clc1cnccc1CNCC1Cc2ccccc21. The van der Waals surface area contributed by atoms with Crippen LogP contribution in [0.4, 0.5) is 0 Å². The predicted molar refractivity (Wildman–Crippen MR) is 73.8 cm³/mol. The zero-order chi connectivity index (χ0) is 12.4. The van der Waals surface area contributed by atoms with Crippen LogP contribution in [0.3, 0.4) is 0 Å². The molecule has 0 radical (unpaired) electrons. The van der Waals surface area contributed by atoms with Crippen LogP contribution in [0.15, 0.2) is 42.7 Å². The van der Waals surface area contributed by atoms with Crippen LogP contribution in [0.1, 0.15) is 22.6 Å². The van der Waals surface area contributed by atoms with Gasteiger partial charge < -0.3 is 5.32 Å². The van der Waals surface area contributed by atoms with Crippen LogP contribution in [0.25, 0.3) is 0 Å². The number of hydrogen-bond donors (Lipinski definition) is 1. The molecule has 0 saturated carbocycles. The number of rotatable bonds is 4. The highest BCUT2D eigenvalue weighted by atomic mass is 35.5. The van der Waals surface area contributed by atoms with Gasteiger partial charge in [0.05, 0.1) is 5.02 Å². The van der Waals surface area contributed by atoms with E-state index in [0.29, 0.717) is 5.92 Å². The number of pyridine rings is 1. The average Bonchev–Trinajstić information content (AvgIpc) is 2.37. The van der Waals surface area contributed by atoms with Crippen molar-refractivity contribution in [2.45, 2.75) is 18.9 Å². The first-order valence-electron chi connectivity index (χ1n) is 6.21.